The summed E-state index contributed by atoms with van der Waals surface area (Å²) in [5.41, 5.74) is 2.04. The number of nitrogens with zero attached hydrogens (tertiary/aromatic N) is 1. The van der Waals surface area contributed by atoms with Crippen LogP contribution in [0.1, 0.15) is 38.3 Å². The van der Waals surface area contributed by atoms with Crippen molar-refractivity contribution in [3.05, 3.63) is 33.8 Å². The fourth-order valence-corrected chi connectivity index (χ4v) is 2.52. The molecule has 1 N–H and O–H groups in total. The van der Waals surface area contributed by atoms with Crippen molar-refractivity contribution in [2.24, 2.45) is 0 Å². The molecule has 0 aliphatic rings. The Morgan fingerprint density at radius 1 is 1.36 bits per heavy atom. The topological polar surface area (TPSA) is 41.6 Å². The van der Waals surface area contributed by atoms with E-state index in [1.165, 1.54) is 11.1 Å². The van der Waals surface area contributed by atoms with Crippen LogP contribution < -0.4 is 5.32 Å². The molecule has 0 spiro atoms. The highest BCUT2D eigenvalue weighted by Gasteiger charge is 2.18. The van der Waals surface area contributed by atoms with Crippen LogP contribution in [0.4, 0.5) is 4.79 Å². The molecule has 1 amide bonds. The van der Waals surface area contributed by atoms with Crippen LogP contribution in [0.5, 0.6) is 0 Å². The average molecular weight is 371 g/mol. The molecule has 0 radical (unpaired) electrons. The summed E-state index contributed by atoms with van der Waals surface area (Å²) < 4.78 is 6.44. The molecule has 0 saturated heterocycles. The number of rotatable bonds is 6. The van der Waals surface area contributed by atoms with Gasteiger partial charge in [0.15, 0.2) is 0 Å². The highest BCUT2D eigenvalue weighted by Crippen LogP contribution is 2.18. The molecule has 0 aliphatic heterocycles. The molecule has 0 heterocycles. The van der Waals surface area contributed by atoms with E-state index >= 15 is 0 Å². The van der Waals surface area contributed by atoms with E-state index in [0.29, 0.717) is 6.54 Å². The zero-order valence-electron chi connectivity index (χ0n) is 14.2. The minimum Gasteiger partial charge on any atom is -0.444 e. The van der Waals surface area contributed by atoms with Crippen molar-refractivity contribution in [2.75, 3.05) is 20.1 Å². The lowest BCUT2D eigenvalue weighted by Crippen LogP contribution is -2.35. The Bertz CT molecular complexity index is 498. The molecule has 0 saturated carbocycles. The summed E-state index contributed by atoms with van der Waals surface area (Å²) in [6.45, 7) is 10.1. The molecule has 0 aliphatic carbocycles. The first-order chi connectivity index (χ1) is 10.2. The van der Waals surface area contributed by atoms with Gasteiger partial charge in [0.25, 0.3) is 0 Å². The van der Waals surface area contributed by atoms with Crippen LogP contribution >= 0.6 is 15.9 Å². The second-order valence-electron chi connectivity index (χ2n) is 6.53. The van der Waals surface area contributed by atoms with Crippen LogP contribution in [0.15, 0.2) is 22.7 Å². The van der Waals surface area contributed by atoms with E-state index in [9.17, 15) is 4.79 Å². The van der Waals surface area contributed by atoms with Gasteiger partial charge in [0, 0.05) is 24.6 Å². The second kappa shape index (κ2) is 8.53. The van der Waals surface area contributed by atoms with Crippen molar-refractivity contribution < 1.29 is 9.53 Å². The van der Waals surface area contributed by atoms with E-state index in [2.05, 4.69) is 46.4 Å². The Labute approximate surface area is 142 Å². The fourth-order valence-electron chi connectivity index (χ4n) is 1.89. The maximum absolute atomic E-state index is 11.8. The molecule has 1 aromatic rings. The van der Waals surface area contributed by atoms with Gasteiger partial charge in [0.05, 0.1) is 0 Å². The first kappa shape index (κ1) is 19.0. The van der Waals surface area contributed by atoms with Crippen LogP contribution in [-0.2, 0) is 11.3 Å². The third-order valence-corrected chi connectivity index (χ3v) is 3.81. The Balaban J connectivity index is 2.24. The SMILES string of the molecule is Cc1ccc(CNCCCN(C)C(=O)OC(C)(C)C)c(Br)c1. The third-order valence-electron chi connectivity index (χ3n) is 3.08. The molecule has 1 rings (SSSR count). The van der Waals surface area contributed by atoms with Gasteiger partial charge in [0.2, 0.25) is 0 Å². The molecule has 0 fully saturated rings. The molecule has 0 unspecified atom stereocenters. The Morgan fingerprint density at radius 3 is 2.64 bits per heavy atom. The van der Waals surface area contributed by atoms with E-state index in [0.717, 1.165) is 24.0 Å². The third kappa shape index (κ3) is 7.27. The molecule has 0 aromatic heterocycles. The van der Waals surface area contributed by atoms with Gasteiger partial charge in [-0.2, -0.15) is 0 Å². The first-order valence-electron chi connectivity index (χ1n) is 7.59. The first-order valence-corrected chi connectivity index (χ1v) is 8.38. The van der Waals surface area contributed by atoms with E-state index in [1.807, 2.05) is 20.8 Å². The zero-order valence-corrected chi connectivity index (χ0v) is 15.8. The molecule has 0 bridgehead atoms. The van der Waals surface area contributed by atoms with Gasteiger partial charge in [-0.3, -0.25) is 0 Å². The van der Waals surface area contributed by atoms with Crippen molar-refractivity contribution >= 4 is 22.0 Å². The molecule has 0 atom stereocenters. The Hall–Kier alpha value is -1.07. The van der Waals surface area contributed by atoms with Gasteiger partial charge in [-0.1, -0.05) is 28.1 Å². The summed E-state index contributed by atoms with van der Waals surface area (Å²) in [6.07, 6.45) is 0.618. The predicted octanol–water partition coefficient (Wildman–Crippen LogP) is 4.10. The van der Waals surface area contributed by atoms with Gasteiger partial charge in [-0.15, -0.1) is 0 Å². The summed E-state index contributed by atoms with van der Waals surface area (Å²) in [5, 5.41) is 3.40. The molecule has 4 nitrogen and oxygen atoms in total. The summed E-state index contributed by atoms with van der Waals surface area (Å²) in [7, 11) is 1.77. The van der Waals surface area contributed by atoms with Crippen LogP contribution in [0, 0.1) is 6.92 Å². The number of nitrogens with one attached hydrogen (secondary N) is 1. The minimum absolute atomic E-state index is 0.270. The highest BCUT2D eigenvalue weighted by molar-refractivity contribution is 9.10. The van der Waals surface area contributed by atoms with E-state index in [4.69, 9.17) is 4.74 Å². The predicted molar refractivity (Wildman–Crippen MR) is 94.1 cm³/mol. The maximum atomic E-state index is 11.8. The molecular weight excluding hydrogens is 344 g/mol. The van der Waals surface area contributed by atoms with Gasteiger partial charge in [0.1, 0.15) is 5.60 Å². The molecular formula is C17H27BrN2O2. The monoisotopic (exact) mass is 370 g/mol. The zero-order chi connectivity index (χ0) is 16.8. The lowest BCUT2D eigenvalue weighted by atomic mass is 10.1. The van der Waals surface area contributed by atoms with Crippen LogP contribution in [0.25, 0.3) is 0 Å². The molecule has 22 heavy (non-hydrogen) atoms. The number of halogens is 1. The van der Waals surface area contributed by atoms with Crippen molar-refractivity contribution in [2.45, 2.75) is 46.3 Å². The van der Waals surface area contributed by atoms with Gasteiger partial charge in [-0.05, 0) is 57.9 Å². The Kier molecular flexibility index (Phi) is 7.36. The van der Waals surface area contributed by atoms with Crippen LogP contribution in [0.2, 0.25) is 0 Å². The van der Waals surface area contributed by atoms with E-state index in [1.54, 1.807) is 11.9 Å². The molecule has 1 aromatic carbocycles. The van der Waals surface area contributed by atoms with Crippen molar-refractivity contribution in [3.63, 3.8) is 0 Å². The number of benzene rings is 1. The summed E-state index contributed by atoms with van der Waals surface area (Å²) >= 11 is 3.58. The lowest BCUT2D eigenvalue weighted by molar-refractivity contribution is 0.0297. The fraction of sp³-hybridized carbons (Fsp3) is 0.588. The number of carbonyl (C=O) groups is 1. The second-order valence-corrected chi connectivity index (χ2v) is 7.38. The number of carbonyl (C=O) groups excluding carboxylic acids is 1. The van der Waals surface area contributed by atoms with Crippen LogP contribution in [-0.4, -0.2) is 36.7 Å². The Morgan fingerprint density at radius 2 is 2.05 bits per heavy atom. The quantitative estimate of drug-likeness (QED) is 0.766. The lowest BCUT2D eigenvalue weighted by Gasteiger charge is -2.24. The largest absolute Gasteiger partial charge is 0.444 e. The van der Waals surface area contributed by atoms with Gasteiger partial charge < -0.3 is 15.0 Å². The number of ether oxygens (including phenoxy) is 1. The van der Waals surface area contributed by atoms with Crippen molar-refractivity contribution in [3.8, 4) is 0 Å². The number of amides is 1. The van der Waals surface area contributed by atoms with Gasteiger partial charge in [-0.25, -0.2) is 4.79 Å². The molecule has 124 valence electrons. The number of hydrogen-bond acceptors (Lipinski definition) is 3. The number of aryl methyl sites for hydroxylation is 1. The van der Waals surface area contributed by atoms with Crippen molar-refractivity contribution in [1.82, 2.24) is 10.2 Å². The average Bonchev–Trinajstić information content (AvgIpc) is 2.38. The van der Waals surface area contributed by atoms with E-state index < -0.39 is 5.60 Å². The van der Waals surface area contributed by atoms with Gasteiger partial charge >= 0.3 is 6.09 Å². The normalized spacial score (nSPS) is 11.4. The van der Waals surface area contributed by atoms with Crippen LogP contribution in [0.3, 0.4) is 0 Å². The van der Waals surface area contributed by atoms with E-state index in [-0.39, 0.29) is 6.09 Å². The highest BCUT2D eigenvalue weighted by atomic mass is 79.9. The minimum atomic E-state index is -0.443. The molecule has 5 heteroatoms. The smallest absolute Gasteiger partial charge is 0.410 e. The maximum Gasteiger partial charge on any atom is 0.410 e. The summed E-state index contributed by atoms with van der Waals surface area (Å²) in [5.74, 6) is 0. The summed E-state index contributed by atoms with van der Waals surface area (Å²) in [6, 6.07) is 6.35. The van der Waals surface area contributed by atoms with Crippen molar-refractivity contribution in [1.29, 1.82) is 0 Å². The number of hydrogen-bond donors (Lipinski definition) is 1. The summed E-state index contributed by atoms with van der Waals surface area (Å²) in [4.78, 5) is 13.4. The standard InChI is InChI=1S/C17H27BrN2O2/c1-13-7-8-14(15(18)11-13)12-19-9-6-10-20(5)16(21)22-17(2,3)4/h7-8,11,19H,6,9-10,12H2,1-5H3.